The maximum atomic E-state index is 5.06. The Balaban J connectivity index is 2.96. The summed E-state index contributed by atoms with van der Waals surface area (Å²) in [7, 11) is 1.75. The first kappa shape index (κ1) is 8.70. The van der Waals surface area contributed by atoms with E-state index in [1.54, 1.807) is 7.11 Å². The molecule has 0 aliphatic heterocycles. The van der Waals surface area contributed by atoms with Crippen LogP contribution in [0, 0.1) is 0 Å². The lowest BCUT2D eigenvalue weighted by Crippen LogP contribution is -2.03. The molecule has 0 amide bonds. The number of rotatable bonds is 5. The molecule has 1 heteroatoms. The number of unbranched alkanes of at least 4 members (excludes halogenated alkanes) is 1. The van der Waals surface area contributed by atoms with E-state index in [1.165, 1.54) is 6.42 Å². The molecule has 54 valence electrons. The van der Waals surface area contributed by atoms with Gasteiger partial charge in [0, 0.05) is 7.11 Å². The average molecular weight is 128 g/mol. The van der Waals surface area contributed by atoms with Crippen molar-refractivity contribution in [1.82, 2.24) is 0 Å². The van der Waals surface area contributed by atoms with Gasteiger partial charge < -0.3 is 4.74 Å². The van der Waals surface area contributed by atoms with Crippen LogP contribution >= 0.6 is 0 Å². The highest BCUT2D eigenvalue weighted by Crippen LogP contribution is 2.02. The van der Waals surface area contributed by atoms with Gasteiger partial charge in [0.2, 0.25) is 0 Å². The van der Waals surface area contributed by atoms with Crippen LogP contribution in [0.2, 0.25) is 0 Å². The maximum absolute atomic E-state index is 5.06. The second-order valence-corrected chi connectivity index (χ2v) is 2.27. The molecule has 0 rings (SSSR count). The Kier molecular flexibility index (Phi) is 5.64. The highest BCUT2D eigenvalue weighted by atomic mass is 16.5. The predicted octanol–water partition coefficient (Wildman–Crippen LogP) is 2.38. The van der Waals surface area contributed by atoms with Crippen molar-refractivity contribution < 1.29 is 4.74 Å². The minimum atomic E-state index is 0.407. The van der Waals surface area contributed by atoms with Gasteiger partial charge in [-0.05, 0) is 26.2 Å². The SMILES string of the molecule is C=CCCCC(C)OC. The Bertz CT molecular complexity index is 69.0. The zero-order chi connectivity index (χ0) is 7.11. The smallest absolute Gasteiger partial charge is 0.0543 e. The standard InChI is InChI=1S/C8H16O/c1-4-5-6-7-8(2)9-3/h4,8H,1,5-7H2,2-3H3. The summed E-state index contributed by atoms with van der Waals surface area (Å²) >= 11 is 0. The molecule has 0 aromatic carbocycles. The molecule has 0 saturated carbocycles. The summed E-state index contributed by atoms with van der Waals surface area (Å²) in [6.45, 7) is 5.73. The maximum Gasteiger partial charge on any atom is 0.0543 e. The molecule has 0 aliphatic carbocycles. The van der Waals surface area contributed by atoms with Gasteiger partial charge >= 0.3 is 0 Å². The van der Waals surface area contributed by atoms with Crippen LogP contribution in [-0.4, -0.2) is 13.2 Å². The summed E-state index contributed by atoms with van der Waals surface area (Å²) in [6.07, 6.45) is 5.79. The summed E-state index contributed by atoms with van der Waals surface area (Å²) in [5.74, 6) is 0. The second kappa shape index (κ2) is 5.83. The number of hydrogen-bond acceptors (Lipinski definition) is 1. The van der Waals surface area contributed by atoms with E-state index in [1.807, 2.05) is 6.08 Å². The van der Waals surface area contributed by atoms with Crippen molar-refractivity contribution in [3.05, 3.63) is 12.7 Å². The summed E-state index contributed by atoms with van der Waals surface area (Å²) in [6, 6.07) is 0. The highest BCUT2D eigenvalue weighted by Gasteiger charge is 1.95. The third-order valence-electron chi connectivity index (χ3n) is 1.42. The Morgan fingerprint density at radius 1 is 1.67 bits per heavy atom. The summed E-state index contributed by atoms with van der Waals surface area (Å²) in [4.78, 5) is 0. The van der Waals surface area contributed by atoms with Gasteiger partial charge in [-0.3, -0.25) is 0 Å². The minimum absolute atomic E-state index is 0.407. The molecular formula is C8H16O. The fourth-order valence-corrected chi connectivity index (χ4v) is 0.667. The van der Waals surface area contributed by atoms with E-state index in [0.29, 0.717) is 6.10 Å². The first-order chi connectivity index (χ1) is 4.31. The average Bonchev–Trinajstić information content (AvgIpc) is 1.89. The number of allylic oxidation sites excluding steroid dienone is 1. The summed E-state index contributed by atoms with van der Waals surface area (Å²) in [5, 5.41) is 0. The molecule has 0 heterocycles. The molecule has 0 saturated heterocycles. The van der Waals surface area contributed by atoms with Crippen LogP contribution in [0.3, 0.4) is 0 Å². The van der Waals surface area contributed by atoms with Gasteiger partial charge in [-0.1, -0.05) is 6.08 Å². The molecule has 0 spiro atoms. The van der Waals surface area contributed by atoms with Crippen LogP contribution in [0.25, 0.3) is 0 Å². The Hall–Kier alpha value is -0.300. The van der Waals surface area contributed by atoms with Crippen molar-refractivity contribution in [3.63, 3.8) is 0 Å². The molecule has 1 nitrogen and oxygen atoms in total. The lowest BCUT2D eigenvalue weighted by atomic mass is 10.2. The van der Waals surface area contributed by atoms with E-state index in [0.717, 1.165) is 12.8 Å². The summed E-state index contributed by atoms with van der Waals surface area (Å²) < 4.78 is 5.06. The first-order valence-electron chi connectivity index (χ1n) is 3.45. The molecule has 0 N–H and O–H groups in total. The quantitative estimate of drug-likeness (QED) is 0.408. The Morgan fingerprint density at radius 3 is 2.78 bits per heavy atom. The lowest BCUT2D eigenvalue weighted by molar-refractivity contribution is 0.109. The highest BCUT2D eigenvalue weighted by molar-refractivity contribution is 4.66. The predicted molar refractivity (Wildman–Crippen MR) is 40.5 cm³/mol. The van der Waals surface area contributed by atoms with E-state index in [2.05, 4.69) is 13.5 Å². The van der Waals surface area contributed by atoms with Gasteiger partial charge in [-0.25, -0.2) is 0 Å². The molecular weight excluding hydrogens is 112 g/mol. The van der Waals surface area contributed by atoms with Crippen LogP contribution in [0.1, 0.15) is 26.2 Å². The second-order valence-electron chi connectivity index (χ2n) is 2.27. The minimum Gasteiger partial charge on any atom is -0.382 e. The van der Waals surface area contributed by atoms with E-state index < -0.39 is 0 Å². The van der Waals surface area contributed by atoms with Gasteiger partial charge in [0.25, 0.3) is 0 Å². The molecule has 0 radical (unpaired) electrons. The molecule has 1 unspecified atom stereocenters. The fraction of sp³-hybridized carbons (Fsp3) is 0.750. The lowest BCUT2D eigenvalue weighted by Gasteiger charge is -2.06. The van der Waals surface area contributed by atoms with Crippen molar-refractivity contribution >= 4 is 0 Å². The van der Waals surface area contributed by atoms with Crippen LogP contribution < -0.4 is 0 Å². The van der Waals surface area contributed by atoms with Crippen molar-refractivity contribution in [2.75, 3.05) is 7.11 Å². The molecule has 0 aliphatic rings. The first-order valence-corrected chi connectivity index (χ1v) is 3.45. The van der Waals surface area contributed by atoms with Crippen molar-refractivity contribution in [1.29, 1.82) is 0 Å². The molecule has 0 aromatic heterocycles. The van der Waals surface area contributed by atoms with Crippen LogP contribution in [0.5, 0.6) is 0 Å². The fourth-order valence-electron chi connectivity index (χ4n) is 0.667. The van der Waals surface area contributed by atoms with Gasteiger partial charge in [0.05, 0.1) is 6.10 Å². The van der Waals surface area contributed by atoms with Crippen molar-refractivity contribution in [3.8, 4) is 0 Å². The van der Waals surface area contributed by atoms with Gasteiger partial charge in [-0.2, -0.15) is 0 Å². The molecule has 0 fully saturated rings. The van der Waals surface area contributed by atoms with E-state index in [-0.39, 0.29) is 0 Å². The molecule has 1 atom stereocenters. The number of methoxy groups -OCH3 is 1. The van der Waals surface area contributed by atoms with E-state index in [9.17, 15) is 0 Å². The zero-order valence-corrected chi connectivity index (χ0v) is 6.39. The monoisotopic (exact) mass is 128 g/mol. The van der Waals surface area contributed by atoms with Crippen LogP contribution in [0.4, 0.5) is 0 Å². The molecule has 0 aromatic rings. The van der Waals surface area contributed by atoms with Gasteiger partial charge in [0.15, 0.2) is 0 Å². The third kappa shape index (κ3) is 5.57. The Labute approximate surface area is 57.7 Å². The molecule has 0 bridgehead atoms. The number of hydrogen-bond donors (Lipinski definition) is 0. The normalized spacial score (nSPS) is 13.1. The van der Waals surface area contributed by atoms with Crippen LogP contribution in [-0.2, 0) is 4.74 Å². The zero-order valence-electron chi connectivity index (χ0n) is 6.39. The Morgan fingerprint density at radius 2 is 2.33 bits per heavy atom. The van der Waals surface area contributed by atoms with Gasteiger partial charge in [0.1, 0.15) is 0 Å². The van der Waals surface area contributed by atoms with E-state index in [4.69, 9.17) is 4.74 Å². The number of ether oxygens (including phenoxy) is 1. The van der Waals surface area contributed by atoms with Crippen LogP contribution in [0.15, 0.2) is 12.7 Å². The summed E-state index contributed by atoms with van der Waals surface area (Å²) in [5.41, 5.74) is 0. The molecule has 9 heavy (non-hydrogen) atoms. The largest absolute Gasteiger partial charge is 0.382 e. The van der Waals surface area contributed by atoms with E-state index >= 15 is 0 Å². The van der Waals surface area contributed by atoms with Crippen molar-refractivity contribution in [2.45, 2.75) is 32.3 Å². The van der Waals surface area contributed by atoms with Crippen molar-refractivity contribution in [2.24, 2.45) is 0 Å². The van der Waals surface area contributed by atoms with Gasteiger partial charge in [-0.15, -0.1) is 6.58 Å². The topological polar surface area (TPSA) is 9.23 Å². The third-order valence-corrected chi connectivity index (χ3v) is 1.42.